The van der Waals surface area contributed by atoms with Gasteiger partial charge in [0, 0.05) is 54.8 Å². The number of hydrogen-bond donors (Lipinski definition) is 4. The van der Waals surface area contributed by atoms with E-state index in [2.05, 4.69) is 42.6 Å². The minimum atomic E-state index is -5.08. The second-order valence-corrected chi connectivity index (χ2v) is 7.25. The van der Waals surface area contributed by atoms with Crippen LogP contribution in [-0.4, -0.2) is 64.4 Å². The standard InChI is InChI=1S/C20H21N7O2.C2HF3O2/c21-19(28)18-20(24-8-7-23-18)26-15-5-6-22-17(13-15)25-14-1-3-16(4-2-14)27-9-11-29-12-10-27;3-2(4,5)1(6)7/h1-8,13H,9-12H2,(H2,21,28)(H2,22,24,25,26);(H,6,7). The van der Waals surface area contributed by atoms with Crippen molar-refractivity contribution in [2.75, 3.05) is 41.8 Å². The third-order valence-electron chi connectivity index (χ3n) is 4.71. The van der Waals surface area contributed by atoms with E-state index in [9.17, 15) is 18.0 Å². The van der Waals surface area contributed by atoms with Crippen LogP contribution in [0.5, 0.6) is 0 Å². The SMILES string of the molecule is NC(=O)c1nccnc1Nc1ccnc(Nc2ccc(N3CCOCC3)cc2)c1.O=C(O)C(F)(F)F. The number of nitrogens with one attached hydrogen (secondary N) is 2. The number of amides is 1. The molecule has 0 unspecified atom stereocenters. The van der Waals surface area contributed by atoms with E-state index in [1.807, 2.05) is 18.2 Å². The number of hydrogen-bond acceptors (Lipinski definition) is 9. The van der Waals surface area contributed by atoms with Gasteiger partial charge in [0.15, 0.2) is 11.5 Å². The zero-order chi connectivity index (χ0) is 26.1. The Kier molecular flexibility index (Phi) is 8.57. The number of morpholine rings is 1. The molecule has 36 heavy (non-hydrogen) atoms. The highest BCUT2D eigenvalue weighted by Crippen LogP contribution is 2.24. The van der Waals surface area contributed by atoms with Crippen LogP contribution in [-0.2, 0) is 9.53 Å². The van der Waals surface area contributed by atoms with E-state index in [4.69, 9.17) is 20.4 Å². The Balaban J connectivity index is 0.000000454. The molecular weight excluding hydrogens is 483 g/mol. The zero-order valence-electron chi connectivity index (χ0n) is 18.7. The number of carbonyl (C=O) groups excluding carboxylic acids is 1. The fourth-order valence-corrected chi connectivity index (χ4v) is 3.05. The number of halogens is 3. The molecule has 1 aliphatic rings. The van der Waals surface area contributed by atoms with Crippen LogP contribution in [0.25, 0.3) is 0 Å². The lowest BCUT2D eigenvalue weighted by atomic mass is 10.2. The number of ether oxygens (including phenoxy) is 1. The van der Waals surface area contributed by atoms with Crippen molar-refractivity contribution in [3.63, 3.8) is 0 Å². The average Bonchev–Trinajstić information content (AvgIpc) is 2.85. The molecule has 0 aliphatic carbocycles. The van der Waals surface area contributed by atoms with Crippen molar-refractivity contribution in [2.45, 2.75) is 6.18 Å². The summed E-state index contributed by atoms with van der Waals surface area (Å²) >= 11 is 0. The molecule has 1 fully saturated rings. The largest absolute Gasteiger partial charge is 0.490 e. The molecule has 1 amide bonds. The first-order valence-electron chi connectivity index (χ1n) is 10.5. The van der Waals surface area contributed by atoms with Crippen molar-refractivity contribution in [3.05, 3.63) is 60.7 Å². The van der Waals surface area contributed by atoms with Gasteiger partial charge in [0.2, 0.25) is 0 Å². The fourth-order valence-electron chi connectivity index (χ4n) is 3.05. The van der Waals surface area contributed by atoms with E-state index in [1.165, 1.54) is 18.1 Å². The maximum atomic E-state index is 11.5. The Labute approximate surface area is 203 Å². The van der Waals surface area contributed by atoms with Gasteiger partial charge in [-0.05, 0) is 30.3 Å². The van der Waals surface area contributed by atoms with Crippen LogP contribution in [0.1, 0.15) is 10.5 Å². The maximum absolute atomic E-state index is 11.5. The molecule has 0 spiro atoms. The topological polar surface area (TPSA) is 156 Å². The molecule has 3 heterocycles. The van der Waals surface area contributed by atoms with Crippen molar-refractivity contribution >= 4 is 40.6 Å². The van der Waals surface area contributed by atoms with Gasteiger partial charge in [-0.3, -0.25) is 4.79 Å². The van der Waals surface area contributed by atoms with Gasteiger partial charge in [0.25, 0.3) is 5.91 Å². The number of aromatic nitrogens is 3. The summed E-state index contributed by atoms with van der Waals surface area (Å²) in [5, 5.41) is 13.5. The molecule has 1 aliphatic heterocycles. The molecule has 4 rings (SSSR count). The number of alkyl halides is 3. The predicted molar refractivity (Wildman–Crippen MR) is 125 cm³/mol. The summed E-state index contributed by atoms with van der Waals surface area (Å²) in [6.45, 7) is 3.31. The third kappa shape index (κ3) is 7.53. The van der Waals surface area contributed by atoms with Crippen LogP contribution in [0.4, 0.5) is 41.9 Å². The molecule has 190 valence electrons. The summed E-state index contributed by atoms with van der Waals surface area (Å²) in [5.74, 6) is -2.45. The lowest BCUT2D eigenvalue weighted by Gasteiger charge is -2.28. The molecule has 0 bridgehead atoms. The van der Waals surface area contributed by atoms with E-state index >= 15 is 0 Å². The molecule has 1 aromatic carbocycles. The van der Waals surface area contributed by atoms with Crippen molar-refractivity contribution < 1.29 is 32.6 Å². The highest BCUT2D eigenvalue weighted by molar-refractivity contribution is 5.96. The maximum Gasteiger partial charge on any atom is 0.490 e. The van der Waals surface area contributed by atoms with Crippen molar-refractivity contribution in [3.8, 4) is 0 Å². The van der Waals surface area contributed by atoms with Gasteiger partial charge in [0.05, 0.1) is 13.2 Å². The van der Waals surface area contributed by atoms with Gasteiger partial charge in [0.1, 0.15) is 5.82 Å². The first kappa shape index (κ1) is 26.2. The lowest BCUT2D eigenvalue weighted by molar-refractivity contribution is -0.192. The second-order valence-electron chi connectivity index (χ2n) is 7.25. The molecule has 1 saturated heterocycles. The summed E-state index contributed by atoms with van der Waals surface area (Å²) in [4.78, 5) is 35.1. The first-order valence-corrected chi connectivity index (χ1v) is 10.5. The normalized spacial score (nSPS) is 13.2. The van der Waals surface area contributed by atoms with Gasteiger partial charge in [-0.25, -0.2) is 19.7 Å². The lowest BCUT2D eigenvalue weighted by Crippen LogP contribution is -2.36. The number of carboxylic acid groups (broad SMARTS) is 1. The van der Waals surface area contributed by atoms with Gasteiger partial charge in [-0.15, -0.1) is 0 Å². The van der Waals surface area contributed by atoms with Crippen LogP contribution >= 0.6 is 0 Å². The molecule has 5 N–H and O–H groups in total. The van der Waals surface area contributed by atoms with Crippen LogP contribution in [0.15, 0.2) is 55.0 Å². The Morgan fingerprint density at radius 3 is 2.19 bits per heavy atom. The number of aliphatic carboxylic acids is 1. The minimum absolute atomic E-state index is 0.0810. The van der Waals surface area contributed by atoms with Crippen LogP contribution in [0.3, 0.4) is 0 Å². The Morgan fingerprint density at radius 2 is 1.58 bits per heavy atom. The molecule has 14 heteroatoms. The molecule has 0 radical (unpaired) electrons. The van der Waals surface area contributed by atoms with Gasteiger partial charge in [-0.1, -0.05) is 0 Å². The number of pyridine rings is 1. The van der Waals surface area contributed by atoms with E-state index in [1.54, 1.807) is 12.3 Å². The number of carboxylic acids is 1. The number of carbonyl (C=O) groups is 2. The first-order chi connectivity index (χ1) is 17.1. The summed E-state index contributed by atoms with van der Waals surface area (Å²) in [6, 6.07) is 11.8. The van der Waals surface area contributed by atoms with Crippen LogP contribution in [0.2, 0.25) is 0 Å². The number of rotatable bonds is 6. The van der Waals surface area contributed by atoms with Gasteiger partial charge in [-0.2, -0.15) is 13.2 Å². The molecular formula is C22H22F3N7O4. The van der Waals surface area contributed by atoms with Crippen LogP contribution in [0, 0.1) is 0 Å². The molecule has 11 nitrogen and oxygen atoms in total. The monoisotopic (exact) mass is 505 g/mol. The van der Waals surface area contributed by atoms with Gasteiger partial charge < -0.3 is 31.1 Å². The summed E-state index contributed by atoms with van der Waals surface area (Å²) in [6.07, 6.45) is -0.510. The number of benzene rings is 1. The van der Waals surface area contributed by atoms with E-state index in [0.29, 0.717) is 17.3 Å². The molecule has 0 atom stereocenters. The van der Waals surface area contributed by atoms with E-state index in [0.717, 1.165) is 32.0 Å². The fraction of sp³-hybridized carbons (Fsp3) is 0.227. The van der Waals surface area contributed by atoms with Crippen LogP contribution < -0.4 is 21.3 Å². The molecule has 0 saturated carbocycles. The third-order valence-corrected chi connectivity index (χ3v) is 4.71. The number of anilines is 5. The van der Waals surface area contributed by atoms with E-state index in [-0.39, 0.29) is 5.69 Å². The van der Waals surface area contributed by atoms with Crippen molar-refractivity contribution in [2.24, 2.45) is 5.73 Å². The number of nitrogens with two attached hydrogens (primary N) is 1. The molecule has 3 aromatic rings. The Bertz CT molecular complexity index is 1190. The van der Waals surface area contributed by atoms with Crippen molar-refractivity contribution in [1.29, 1.82) is 0 Å². The highest BCUT2D eigenvalue weighted by atomic mass is 19.4. The van der Waals surface area contributed by atoms with Crippen molar-refractivity contribution in [1.82, 2.24) is 15.0 Å². The number of nitrogens with zero attached hydrogens (tertiary/aromatic N) is 4. The zero-order valence-corrected chi connectivity index (χ0v) is 18.7. The number of primary amides is 1. The summed E-state index contributed by atoms with van der Waals surface area (Å²) in [7, 11) is 0. The average molecular weight is 505 g/mol. The Hall–Kier alpha value is -4.46. The Morgan fingerprint density at radius 1 is 0.944 bits per heavy atom. The summed E-state index contributed by atoms with van der Waals surface area (Å²) < 4.78 is 37.1. The summed E-state index contributed by atoms with van der Waals surface area (Å²) in [5.41, 5.74) is 8.23. The smallest absolute Gasteiger partial charge is 0.475 e. The quantitative estimate of drug-likeness (QED) is 0.393. The molecule has 2 aromatic heterocycles. The second kappa shape index (κ2) is 11.8. The van der Waals surface area contributed by atoms with E-state index < -0.39 is 18.1 Å². The predicted octanol–water partition coefficient (Wildman–Crippen LogP) is 2.93. The van der Waals surface area contributed by atoms with Gasteiger partial charge >= 0.3 is 12.1 Å². The highest BCUT2D eigenvalue weighted by Gasteiger charge is 2.38. The minimum Gasteiger partial charge on any atom is -0.475 e.